The molecule has 0 aliphatic carbocycles. The summed E-state index contributed by atoms with van der Waals surface area (Å²) in [5, 5.41) is 2.65. The third-order valence-electron chi connectivity index (χ3n) is 3.29. The molecule has 1 unspecified atom stereocenters. The molecule has 1 aromatic rings. The van der Waals surface area contributed by atoms with E-state index in [9.17, 15) is 14.4 Å². The zero-order valence-corrected chi connectivity index (χ0v) is 12.0. The van der Waals surface area contributed by atoms with Crippen LogP contribution in [0.1, 0.15) is 22.6 Å². The molecule has 1 saturated heterocycles. The van der Waals surface area contributed by atoms with Crippen molar-refractivity contribution in [3.8, 4) is 0 Å². The summed E-state index contributed by atoms with van der Waals surface area (Å²) in [6.45, 7) is 2.47. The Morgan fingerprint density at radius 2 is 2.24 bits per heavy atom. The molecule has 0 spiro atoms. The summed E-state index contributed by atoms with van der Waals surface area (Å²) < 4.78 is 4.58. The summed E-state index contributed by atoms with van der Waals surface area (Å²) in [5.74, 6) is -1.25. The predicted molar refractivity (Wildman–Crippen MR) is 73.4 cm³/mol. The van der Waals surface area contributed by atoms with Crippen LogP contribution in [0.5, 0.6) is 0 Å². The van der Waals surface area contributed by atoms with Crippen LogP contribution in [0.15, 0.2) is 18.2 Å². The van der Waals surface area contributed by atoms with Crippen molar-refractivity contribution < 1.29 is 19.1 Å². The third-order valence-corrected chi connectivity index (χ3v) is 3.29. The van der Waals surface area contributed by atoms with E-state index in [0.717, 1.165) is 0 Å². The van der Waals surface area contributed by atoms with Gasteiger partial charge in [-0.3, -0.25) is 14.4 Å². The van der Waals surface area contributed by atoms with Crippen molar-refractivity contribution in [3.63, 3.8) is 0 Å². The molecule has 7 heteroatoms. The van der Waals surface area contributed by atoms with Gasteiger partial charge < -0.3 is 15.0 Å². The topological polar surface area (TPSA) is 88.6 Å². The molecule has 2 amide bonds. The molecule has 0 aromatic carbocycles. The van der Waals surface area contributed by atoms with E-state index >= 15 is 0 Å². The van der Waals surface area contributed by atoms with Crippen LogP contribution in [0, 0.1) is 6.92 Å². The highest BCUT2D eigenvalue weighted by molar-refractivity contribution is 5.98. The Labute approximate surface area is 122 Å². The van der Waals surface area contributed by atoms with Crippen LogP contribution in [-0.2, 0) is 14.3 Å². The number of nitrogens with zero attached hydrogens (tertiary/aromatic N) is 2. The number of rotatable bonds is 3. The summed E-state index contributed by atoms with van der Waals surface area (Å²) in [6, 6.07) is 4.25. The number of aryl methyl sites for hydroxylation is 1. The Morgan fingerprint density at radius 3 is 2.90 bits per heavy atom. The predicted octanol–water partition coefficient (Wildman–Crippen LogP) is -0.106. The molecule has 0 saturated carbocycles. The van der Waals surface area contributed by atoms with Crippen LogP contribution in [0.2, 0.25) is 0 Å². The zero-order valence-electron chi connectivity index (χ0n) is 12.0. The molecule has 1 aliphatic rings. The molecule has 2 heterocycles. The molecule has 2 rings (SSSR count). The van der Waals surface area contributed by atoms with Gasteiger partial charge in [-0.05, 0) is 19.1 Å². The summed E-state index contributed by atoms with van der Waals surface area (Å²) in [6.07, 6.45) is -0.167. The summed E-state index contributed by atoms with van der Waals surface area (Å²) in [4.78, 5) is 41.4. The lowest BCUT2D eigenvalue weighted by Gasteiger charge is -2.34. The minimum atomic E-state index is -0.860. The number of pyridine rings is 1. The first-order valence-electron chi connectivity index (χ1n) is 6.62. The van der Waals surface area contributed by atoms with Gasteiger partial charge in [0.25, 0.3) is 5.91 Å². The van der Waals surface area contributed by atoms with Crippen molar-refractivity contribution in [2.75, 3.05) is 20.2 Å². The van der Waals surface area contributed by atoms with E-state index in [1.165, 1.54) is 12.0 Å². The van der Waals surface area contributed by atoms with Gasteiger partial charge in [-0.25, -0.2) is 4.98 Å². The molecular formula is C14H17N3O4. The van der Waals surface area contributed by atoms with Gasteiger partial charge >= 0.3 is 5.97 Å². The number of amides is 2. The average Bonchev–Trinajstić information content (AvgIpc) is 2.48. The van der Waals surface area contributed by atoms with E-state index in [1.54, 1.807) is 25.1 Å². The number of piperazine rings is 1. The Morgan fingerprint density at radius 1 is 1.48 bits per heavy atom. The Kier molecular flexibility index (Phi) is 4.52. The monoisotopic (exact) mass is 291 g/mol. The number of methoxy groups -OCH3 is 1. The van der Waals surface area contributed by atoms with E-state index in [0.29, 0.717) is 18.8 Å². The summed E-state index contributed by atoms with van der Waals surface area (Å²) in [7, 11) is 1.25. The molecule has 1 fully saturated rings. The van der Waals surface area contributed by atoms with Gasteiger partial charge in [0.1, 0.15) is 11.7 Å². The van der Waals surface area contributed by atoms with Crippen molar-refractivity contribution in [3.05, 3.63) is 29.6 Å². The average molecular weight is 291 g/mol. The van der Waals surface area contributed by atoms with Gasteiger partial charge in [-0.1, -0.05) is 6.07 Å². The lowest BCUT2D eigenvalue weighted by molar-refractivity contribution is -0.145. The fourth-order valence-corrected chi connectivity index (χ4v) is 2.21. The maximum absolute atomic E-state index is 12.5. The maximum Gasteiger partial charge on any atom is 0.308 e. The number of ether oxygens (including phenoxy) is 1. The SMILES string of the molecule is COC(=O)CC1C(=O)NCCN1C(=O)c1cccc(C)n1. The van der Waals surface area contributed by atoms with Gasteiger partial charge in [-0.2, -0.15) is 0 Å². The highest BCUT2D eigenvalue weighted by Crippen LogP contribution is 2.14. The lowest BCUT2D eigenvalue weighted by atomic mass is 10.1. The Balaban J connectivity index is 2.23. The largest absolute Gasteiger partial charge is 0.469 e. The highest BCUT2D eigenvalue weighted by atomic mass is 16.5. The minimum absolute atomic E-state index is 0.167. The number of esters is 1. The molecule has 1 aliphatic heterocycles. The second-order valence-corrected chi connectivity index (χ2v) is 4.75. The van der Waals surface area contributed by atoms with Crippen molar-refractivity contribution in [2.24, 2.45) is 0 Å². The maximum atomic E-state index is 12.5. The molecule has 0 radical (unpaired) electrons. The van der Waals surface area contributed by atoms with Gasteiger partial charge in [0.05, 0.1) is 13.5 Å². The number of carbonyl (C=O) groups excluding carboxylic acids is 3. The lowest BCUT2D eigenvalue weighted by Crippen LogP contribution is -2.58. The Bertz CT molecular complexity index is 573. The van der Waals surface area contributed by atoms with Crippen LogP contribution < -0.4 is 5.32 Å². The molecule has 1 N–H and O–H groups in total. The standard InChI is InChI=1S/C14H17N3O4/c1-9-4-3-5-10(16-9)14(20)17-7-6-15-13(19)11(17)8-12(18)21-2/h3-5,11H,6-8H2,1-2H3,(H,15,19). The summed E-state index contributed by atoms with van der Waals surface area (Å²) >= 11 is 0. The number of hydrogen-bond donors (Lipinski definition) is 1. The van der Waals surface area contributed by atoms with Crippen LogP contribution >= 0.6 is 0 Å². The van der Waals surface area contributed by atoms with Gasteiger partial charge in [0.2, 0.25) is 5.91 Å². The molecule has 21 heavy (non-hydrogen) atoms. The molecule has 1 aromatic heterocycles. The fraction of sp³-hybridized carbons (Fsp3) is 0.429. The molecule has 1 atom stereocenters. The van der Waals surface area contributed by atoms with Crippen molar-refractivity contribution in [1.82, 2.24) is 15.2 Å². The van der Waals surface area contributed by atoms with E-state index in [1.807, 2.05) is 0 Å². The number of aromatic nitrogens is 1. The van der Waals surface area contributed by atoms with Crippen molar-refractivity contribution in [1.29, 1.82) is 0 Å². The molecular weight excluding hydrogens is 274 g/mol. The zero-order chi connectivity index (χ0) is 15.4. The first-order chi connectivity index (χ1) is 10.0. The molecule has 0 bridgehead atoms. The highest BCUT2D eigenvalue weighted by Gasteiger charge is 2.35. The van der Waals surface area contributed by atoms with E-state index in [2.05, 4.69) is 15.0 Å². The van der Waals surface area contributed by atoms with Gasteiger partial charge in [0.15, 0.2) is 0 Å². The first kappa shape index (κ1) is 15.0. The first-order valence-corrected chi connectivity index (χ1v) is 6.62. The van der Waals surface area contributed by atoms with Crippen LogP contribution in [0.4, 0.5) is 0 Å². The van der Waals surface area contributed by atoms with Crippen molar-refractivity contribution >= 4 is 17.8 Å². The second-order valence-electron chi connectivity index (χ2n) is 4.75. The van der Waals surface area contributed by atoms with Crippen LogP contribution in [0.3, 0.4) is 0 Å². The normalized spacial score (nSPS) is 18.1. The number of carbonyl (C=O) groups is 3. The quantitative estimate of drug-likeness (QED) is 0.785. The molecule has 7 nitrogen and oxygen atoms in total. The van der Waals surface area contributed by atoms with E-state index in [-0.39, 0.29) is 23.9 Å². The molecule has 112 valence electrons. The second kappa shape index (κ2) is 6.34. The van der Waals surface area contributed by atoms with Crippen LogP contribution in [0.25, 0.3) is 0 Å². The van der Waals surface area contributed by atoms with E-state index < -0.39 is 12.0 Å². The summed E-state index contributed by atoms with van der Waals surface area (Å²) in [5.41, 5.74) is 0.978. The number of nitrogens with one attached hydrogen (secondary N) is 1. The number of hydrogen-bond acceptors (Lipinski definition) is 5. The third kappa shape index (κ3) is 3.36. The Hall–Kier alpha value is -2.44. The smallest absolute Gasteiger partial charge is 0.308 e. The van der Waals surface area contributed by atoms with Crippen molar-refractivity contribution in [2.45, 2.75) is 19.4 Å². The van der Waals surface area contributed by atoms with Crippen LogP contribution in [-0.4, -0.2) is 53.9 Å². The van der Waals surface area contributed by atoms with Gasteiger partial charge in [0, 0.05) is 18.8 Å². The van der Waals surface area contributed by atoms with Gasteiger partial charge in [-0.15, -0.1) is 0 Å². The minimum Gasteiger partial charge on any atom is -0.469 e. The van der Waals surface area contributed by atoms with E-state index in [4.69, 9.17) is 0 Å². The fourth-order valence-electron chi connectivity index (χ4n) is 2.21.